The number of hydrogen-bond donors (Lipinski definition) is 1. The topological polar surface area (TPSA) is 54.9 Å². The van der Waals surface area contributed by atoms with Crippen molar-refractivity contribution in [3.05, 3.63) is 71.3 Å². The molecule has 1 atom stereocenters. The molecule has 2 aromatic carbocycles. The van der Waals surface area contributed by atoms with E-state index in [2.05, 4.69) is 34.6 Å². The maximum atomic E-state index is 12.6. The van der Waals surface area contributed by atoms with Crippen molar-refractivity contribution in [2.45, 2.75) is 36.3 Å². The van der Waals surface area contributed by atoms with E-state index in [0.717, 1.165) is 22.1 Å². The third-order valence-corrected chi connectivity index (χ3v) is 6.20. The number of rotatable bonds is 7. The van der Waals surface area contributed by atoms with Crippen LogP contribution in [0.4, 0.5) is 5.13 Å². The molecule has 0 unspecified atom stereocenters. The fourth-order valence-electron chi connectivity index (χ4n) is 2.68. The Labute approximate surface area is 162 Å². The van der Waals surface area contributed by atoms with Gasteiger partial charge in [-0.1, -0.05) is 84.6 Å². The van der Waals surface area contributed by atoms with Crippen LogP contribution in [0.15, 0.2) is 58.9 Å². The maximum Gasteiger partial charge on any atom is 0.233 e. The molecule has 26 heavy (non-hydrogen) atoms. The lowest BCUT2D eigenvalue weighted by molar-refractivity contribution is -0.117. The summed E-state index contributed by atoms with van der Waals surface area (Å²) in [4.78, 5) is 12.6. The Morgan fingerprint density at radius 1 is 1.12 bits per heavy atom. The first kappa shape index (κ1) is 18.6. The molecule has 0 saturated carbocycles. The number of hydrogen-bond acceptors (Lipinski definition) is 5. The van der Waals surface area contributed by atoms with E-state index in [0.29, 0.717) is 5.13 Å². The molecule has 6 heteroatoms. The van der Waals surface area contributed by atoms with Crippen molar-refractivity contribution in [2.24, 2.45) is 0 Å². The Morgan fingerprint density at radius 2 is 1.85 bits per heavy atom. The summed E-state index contributed by atoms with van der Waals surface area (Å²) in [5.74, 6) is 0.630. The molecule has 3 rings (SSSR count). The second-order valence-corrected chi connectivity index (χ2v) is 8.15. The van der Waals surface area contributed by atoms with Gasteiger partial charge in [0.1, 0.15) is 0 Å². The van der Waals surface area contributed by atoms with Crippen molar-refractivity contribution in [3.63, 3.8) is 0 Å². The van der Waals surface area contributed by atoms with Crippen molar-refractivity contribution in [2.75, 3.05) is 5.32 Å². The smallest absolute Gasteiger partial charge is 0.233 e. The molecule has 0 aliphatic rings. The molecule has 0 aliphatic heterocycles. The molecule has 0 fully saturated rings. The highest BCUT2D eigenvalue weighted by Gasteiger charge is 2.20. The molecule has 134 valence electrons. The van der Waals surface area contributed by atoms with E-state index in [9.17, 15) is 4.79 Å². The summed E-state index contributed by atoms with van der Waals surface area (Å²) in [6.07, 6.45) is 0.740. The zero-order valence-corrected chi connectivity index (χ0v) is 16.4. The molecule has 1 amide bonds. The fourth-order valence-corrected chi connectivity index (χ4v) is 4.51. The number of thioether (sulfide) groups is 1. The first-order chi connectivity index (χ1) is 12.7. The number of anilines is 1. The summed E-state index contributed by atoms with van der Waals surface area (Å²) in [6.45, 7) is 4.12. The molecule has 0 saturated heterocycles. The van der Waals surface area contributed by atoms with Crippen molar-refractivity contribution in [1.82, 2.24) is 10.2 Å². The third-order valence-electron chi connectivity index (χ3n) is 4.18. The van der Waals surface area contributed by atoms with E-state index in [-0.39, 0.29) is 11.8 Å². The first-order valence-electron chi connectivity index (χ1n) is 8.54. The largest absolute Gasteiger partial charge is 0.300 e. The average molecular weight is 384 g/mol. The molecular formula is C20H21N3OS2. The summed E-state index contributed by atoms with van der Waals surface area (Å²) in [5.41, 5.74) is 3.58. The highest BCUT2D eigenvalue weighted by Crippen LogP contribution is 2.30. The summed E-state index contributed by atoms with van der Waals surface area (Å²) in [7, 11) is 0. The van der Waals surface area contributed by atoms with Crippen molar-refractivity contribution >= 4 is 34.1 Å². The van der Waals surface area contributed by atoms with Gasteiger partial charge in [0, 0.05) is 5.75 Å². The summed E-state index contributed by atoms with van der Waals surface area (Å²) in [5, 5.41) is 11.8. The number of carbonyl (C=O) groups is 1. The first-order valence-corrected chi connectivity index (χ1v) is 10.3. The molecule has 4 nitrogen and oxygen atoms in total. The zero-order valence-electron chi connectivity index (χ0n) is 14.8. The van der Waals surface area contributed by atoms with E-state index >= 15 is 0 Å². The Balaban J connectivity index is 1.61. The predicted molar refractivity (Wildman–Crippen MR) is 109 cm³/mol. The van der Waals surface area contributed by atoms with Crippen LogP contribution in [0.2, 0.25) is 0 Å². The molecule has 1 heterocycles. The lowest BCUT2D eigenvalue weighted by atomic mass is 9.96. The van der Waals surface area contributed by atoms with E-state index in [1.807, 2.05) is 49.4 Å². The minimum Gasteiger partial charge on any atom is -0.300 e. The van der Waals surface area contributed by atoms with Crippen LogP contribution in [0, 0.1) is 6.92 Å². The summed E-state index contributed by atoms with van der Waals surface area (Å²) < 4.78 is 0.858. The van der Waals surface area contributed by atoms with Gasteiger partial charge >= 0.3 is 0 Å². The summed E-state index contributed by atoms with van der Waals surface area (Å²) in [6, 6.07) is 18.1. The van der Waals surface area contributed by atoms with Gasteiger partial charge in [0.2, 0.25) is 11.0 Å². The van der Waals surface area contributed by atoms with Gasteiger partial charge in [-0.2, -0.15) is 0 Å². The van der Waals surface area contributed by atoms with Crippen LogP contribution >= 0.6 is 23.1 Å². The van der Waals surface area contributed by atoms with E-state index in [4.69, 9.17) is 0 Å². The molecule has 0 radical (unpaired) electrons. The van der Waals surface area contributed by atoms with Crippen LogP contribution in [0.1, 0.15) is 36.0 Å². The highest BCUT2D eigenvalue weighted by atomic mass is 32.2. The quantitative estimate of drug-likeness (QED) is 0.446. The maximum absolute atomic E-state index is 12.6. The number of nitrogens with one attached hydrogen (secondary N) is 1. The van der Waals surface area contributed by atoms with Crippen LogP contribution in [0.25, 0.3) is 0 Å². The monoisotopic (exact) mass is 383 g/mol. The number of aromatic nitrogens is 2. The minimum absolute atomic E-state index is 0.0368. The lowest BCUT2D eigenvalue weighted by Gasteiger charge is -2.13. The zero-order chi connectivity index (χ0) is 18.4. The molecule has 0 bridgehead atoms. The molecule has 0 aliphatic carbocycles. The van der Waals surface area contributed by atoms with E-state index in [1.54, 1.807) is 11.8 Å². The second-order valence-electron chi connectivity index (χ2n) is 5.95. The van der Waals surface area contributed by atoms with Gasteiger partial charge in [-0.05, 0) is 30.0 Å². The van der Waals surface area contributed by atoms with Crippen LogP contribution in [-0.4, -0.2) is 16.1 Å². The van der Waals surface area contributed by atoms with Crippen LogP contribution < -0.4 is 5.32 Å². The number of amides is 1. The highest BCUT2D eigenvalue weighted by molar-refractivity contribution is 8.00. The average Bonchev–Trinajstić information content (AvgIpc) is 3.10. The molecule has 1 aromatic heterocycles. The third kappa shape index (κ3) is 4.71. The fraction of sp³-hybridized carbons (Fsp3) is 0.250. The Kier molecular flexibility index (Phi) is 6.41. The molecule has 3 aromatic rings. The Hall–Kier alpha value is -2.18. The van der Waals surface area contributed by atoms with Crippen LogP contribution in [0.5, 0.6) is 0 Å². The van der Waals surface area contributed by atoms with E-state index < -0.39 is 0 Å². The molecule has 0 spiro atoms. The van der Waals surface area contributed by atoms with Crippen molar-refractivity contribution < 1.29 is 4.79 Å². The Bertz CT molecular complexity index is 864. The van der Waals surface area contributed by atoms with E-state index in [1.165, 1.54) is 22.5 Å². The lowest BCUT2D eigenvalue weighted by Crippen LogP contribution is -2.20. The number of aryl methyl sites for hydroxylation is 1. The van der Waals surface area contributed by atoms with Crippen LogP contribution in [-0.2, 0) is 10.5 Å². The van der Waals surface area contributed by atoms with Crippen LogP contribution in [0.3, 0.4) is 0 Å². The summed E-state index contributed by atoms with van der Waals surface area (Å²) >= 11 is 3.06. The van der Waals surface area contributed by atoms with Gasteiger partial charge in [-0.3, -0.25) is 10.1 Å². The number of carbonyl (C=O) groups excluding carboxylic acids is 1. The number of nitrogens with zero attached hydrogens (tertiary/aromatic N) is 2. The van der Waals surface area contributed by atoms with Crippen molar-refractivity contribution in [1.29, 1.82) is 0 Å². The SMILES string of the molecule is CC[C@@H](C(=O)Nc1nnc(SCc2ccccc2C)s1)c1ccccc1. The van der Waals surface area contributed by atoms with Gasteiger partial charge in [-0.15, -0.1) is 10.2 Å². The standard InChI is InChI=1S/C20H21N3OS2/c1-3-17(15-10-5-4-6-11-15)18(24)21-19-22-23-20(26-19)25-13-16-12-8-7-9-14(16)2/h4-12,17H,3,13H2,1-2H3,(H,21,22,24)/t17-/m1/s1. The predicted octanol–water partition coefficient (Wildman–Crippen LogP) is 5.27. The molecular weight excluding hydrogens is 362 g/mol. The van der Waals surface area contributed by atoms with Gasteiger partial charge in [0.15, 0.2) is 4.34 Å². The second kappa shape index (κ2) is 8.96. The normalized spacial score (nSPS) is 11.9. The number of benzene rings is 2. The minimum atomic E-state index is -0.178. The van der Waals surface area contributed by atoms with Gasteiger partial charge in [0.25, 0.3) is 0 Å². The van der Waals surface area contributed by atoms with Crippen molar-refractivity contribution in [3.8, 4) is 0 Å². The van der Waals surface area contributed by atoms with Gasteiger partial charge in [-0.25, -0.2) is 0 Å². The Morgan fingerprint density at radius 3 is 2.58 bits per heavy atom. The van der Waals surface area contributed by atoms with Gasteiger partial charge in [0.05, 0.1) is 5.92 Å². The van der Waals surface area contributed by atoms with Gasteiger partial charge < -0.3 is 0 Å². The molecule has 1 N–H and O–H groups in total.